The topological polar surface area (TPSA) is 74.6 Å². The van der Waals surface area contributed by atoms with Crippen molar-refractivity contribution in [3.63, 3.8) is 0 Å². The maximum absolute atomic E-state index is 8.74. The van der Waals surface area contributed by atoms with E-state index in [2.05, 4.69) is 0 Å². The summed E-state index contributed by atoms with van der Waals surface area (Å²) in [5.74, 6) is 0. The second kappa shape index (κ2) is 2.85. The Kier molecular flexibility index (Phi) is 4.70. The maximum atomic E-state index is 8.74. The molecule has 0 aliphatic rings. The predicted octanol–water partition coefficient (Wildman–Crippen LogP) is -0.318. The van der Waals surface area contributed by atoms with Gasteiger partial charge in [0, 0.05) is 26.2 Å². The number of hydrogen-bond donors (Lipinski definition) is 2. The Morgan fingerprint density at radius 2 is 1.33 bits per heavy atom. The molecule has 2 N–H and O–H groups in total. The van der Waals surface area contributed by atoms with Gasteiger partial charge >= 0.3 is 10.4 Å². The Hall–Kier alpha value is 0.753. The molecule has 0 aromatic heterocycles. The van der Waals surface area contributed by atoms with Gasteiger partial charge in [0.05, 0.1) is 0 Å². The van der Waals surface area contributed by atoms with Crippen molar-refractivity contribution in [1.29, 1.82) is 0 Å². The fourth-order valence-electron chi connectivity index (χ4n) is 0. The molecule has 0 amide bonds. The van der Waals surface area contributed by atoms with E-state index in [1.165, 1.54) is 0 Å². The molecule has 42 valence electrons. The molecular formula is H5O4SZr-3. The summed E-state index contributed by atoms with van der Waals surface area (Å²) in [7, 11) is -4.67. The first-order chi connectivity index (χ1) is 2.00. The smallest absolute Gasteiger partial charge is 0.394 e. The Bertz CT molecular complexity index is 99.0. The average Bonchev–Trinajstić information content (AvgIpc) is 0.722. The minimum atomic E-state index is -4.67. The Morgan fingerprint density at radius 3 is 1.33 bits per heavy atom. The third-order valence-electron chi connectivity index (χ3n) is 0. The molecule has 0 unspecified atom stereocenters. The third kappa shape index (κ3) is 118. The van der Waals surface area contributed by atoms with Crippen LogP contribution in [0.25, 0.3) is 0 Å². The van der Waals surface area contributed by atoms with Crippen LogP contribution in [0.2, 0.25) is 0 Å². The van der Waals surface area contributed by atoms with E-state index in [9.17, 15) is 0 Å². The van der Waals surface area contributed by atoms with Crippen LogP contribution in [-0.4, -0.2) is 17.5 Å². The first kappa shape index (κ1) is 9.89. The maximum Gasteiger partial charge on any atom is 0.394 e. The molecule has 0 spiro atoms. The summed E-state index contributed by atoms with van der Waals surface area (Å²) in [6.07, 6.45) is 0. The molecule has 0 saturated carbocycles. The first-order valence-corrected chi connectivity index (χ1v) is 2.10. The summed E-state index contributed by atoms with van der Waals surface area (Å²) in [5.41, 5.74) is 0. The van der Waals surface area contributed by atoms with Crippen LogP contribution in [0.4, 0.5) is 0 Å². The zero-order valence-electron chi connectivity index (χ0n) is 5.62. The molecule has 0 radical (unpaired) electrons. The molecule has 0 atom stereocenters. The zero-order chi connectivity index (χ0) is 4.50. The van der Waals surface area contributed by atoms with Crippen LogP contribution in [0.15, 0.2) is 0 Å². The molecule has 0 aromatic carbocycles. The second-order valence-electron chi connectivity index (χ2n) is 0.448. The standard InChI is InChI=1S/H2O4S.Zr.3H/c1-5(2,3)4;;;;/h(H2,1,2,3,4);;;;/q;;3*-1. The summed E-state index contributed by atoms with van der Waals surface area (Å²) in [6, 6.07) is 0. The van der Waals surface area contributed by atoms with Gasteiger partial charge in [0.1, 0.15) is 0 Å². The second-order valence-corrected chi connectivity index (χ2v) is 1.34. The van der Waals surface area contributed by atoms with Gasteiger partial charge in [-0.2, -0.15) is 8.42 Å². The molecular weight excluding hydrogens is 187 g/mol. The zero-order valence-corrected chi connectivity index (χ0v) is 5.89. The van der Waals surface area contributed by atoms with Gasteiger partial charge in [0.15, 0.2) is 0 Å². The van der Waals surface area contributed by atoms with Crippen molar-refractivity contribution in [1.82, 2.24) is 0 Å². The molecule has 0 bridgehead atoms. The van der Waals surface area contributed by atoms with Crippen LogP contribution < -0.4 is 0 Å². The fraction of sp³-hybridized carbons (Fsp3) is 0. The van der Waals surface area contributed by atoms with Crippen molar-refractivity contribution < 1.29 is 48.0 Å². The normalized spacial score (nSPS) is 9.67. The Morgan fingerprint density at radius 1 is 1.33 bits per heavy atom. The van der Waals surface area contributed by atoms with Gasteiger partial charge in [-0.15, -0.1) is 0 Å². The van der Waals surface area contributed by atoms with Crippen LogP contribution in [0.5, 0.6) is 0 Å². The monoisotopic (exact) mass is 191 g/mol. The van der Waals surface area contributed by atoms with Gasteiger partial charge in [-0.3, -0.25) is 9.11 Å². The van der Waals surface area contributed by atoms with Crippen molar-refractivity contribution in [2.24, 2.45) is 0 Å². The molecule has 0 aliphatic heterocycles. The first-order valence-electron chi connectivity index (χ1n) is 0.698. The van der Waals surface area contributed by atoms with Gasteiger partial charge in [0.25, 0.3) is 0 Å². The van der Waals surface area contributed by atoms with E-state index in [0.717, 1.165) is 0 Å². The molecule has 0 rings (SSSR count). The SMILES string of the molecule is O=S(=O)(O)O.[H-].[H-].[H-].[Zr]. The van der Waals surface area contributed by atoms with Crippen molar-refractivity contribution >= 4 is 10.4 Å². The molecule has 6 heteroatoms. The minimum absolute atomic E-state index is 0. The number of rotatable bonds is 0. The fourth-order valence-corrected chi connectivity index (χ4v) is 0. The molecule has 0 saturated heterocycles. The van der Waals surface area contributed by atoms with Crippen LogP contribution in [0.1, 0.15) is 4.28 Å². The summed E-state index contributed by atoms with van der Waals surface area (Å²) >= 11 is 0. The van der Waals surface area contributed by atoms with E-state index in [1.54, 1.807) is 0 Å². The summed E-state index contributed by atoms with van der Waals surface area (Å²) in [6.45, 7) is 0. The van der Waals surface area contributed by atoms with Crippen molar-refractivity contribution in [3.05, 3.63) is 0 Å². The van der Waals surface area contributed by atoms with Crippen molar-refractivity contribution in [3.8, 4) is 0 Å². The molecule has 0 aliphatic carbocycles. The molecule has 0 aromatic rings. The van der Waals surface area contributed by atoms with Gasteiger partial charge in [0.2, 0.25) is 0 Å². The van der Waals surface area contributed by atoms with E-state index < -0.39 is 10.4 Å². The quantitative estimate of drug-likeness (QED) is 0.516. The van der Waals surface area contributed by atoms with Crippen LogP contribution in [0, 0.1) is 0 Å². The molecule has 4 nitrogen and oxygen atoms in total. The van der Waals surface area contributed by atoms with Gasteiger partial charge in [-0.25, -0.2) is 0 Å². The van der Waals surface area contributed by atoms with Gasteiger partial charge in [-0.1, -0.05) is 0 Å². The van der Waals surface area contributed by atoms with E-state index >= 15 is 0 Å². The molecule has 0 fully saturated rings. The van der Waals surface area contributed by atoms with Crippen molar-refractivity contribution in [2.75, 3.05) is 0 Å². The van der Waals surface area contributed by atoms with Gasteiger partial charge < -0.3 is 4.28 Å². The molecule has 0 heterocycles. The number of hydrogen-bond acceptors (Lipinski definition) is 2. The predicted molar refractivity (Wildman–Crippen MR) is 17.5 cm³/mol. The molecule has 6 heavy (non-hydrogen) atoms. The summed E-state index contributed by atoms with van der Waals surface area (Å²) in [5, 5.41) is 0. The summed E-state index contributed by atoms with van der Waals surface area (Å²) < 4.78 is 31.6. The third-order valence-corrected chi connectivity index (χ3v) is 0. The van der Waals surface area contributed by atoms with Crippen LogP contribution in [0.3, 0.4) is 0 Å². The van der Waals surface area contributed by atoms with E-state index in [1.807, 2.05) is 0 Å². The van der Waals surface area contributed by atoms with E-state index in [4.69, 9.17) is 17.5 Å². The van der Waals surface area contributed by atoms with Crippen molar-refractivity contribution in [2.45, 2.75) is 0 Å². The van der Waals surface area contributed by atoms with E-state index in [0.29, 0.717) is 0 Å². The largest absolute Gasteiger partial charge is 1.00 e. The Labute approximate surface area is 58.7 Å². The average molecular weight is 192 g/mol. The van der Waals surface area contributed by atoms with E-state index in [-0.39, 0.29) is 30.5 Å². The summed E-state index contributed by atoms with van der Waals surface area (Å²) in [4.78, 5) is 0. The Balaban J connectivity index is -0.0000000133. The van der Waals surface area contributed by atoms with Crippen LogP contribution >= 0.6 is 0 Å². The van der Waals surface area contributed by atoms with Crippen LogP contribution in [-0.2, 0) is 36.6 Å². The minimum Gasteiger partial charge on any atom is -1.00 e. The van der Waals surface area contributed by atoms with Gasteiger partial charge in [-0.05, 0) is 0 Å².